The highest BCUT2D eigenvalue weighted by Crippen LogP contribution is 2.32. The molecular formula is C11H9FN2. The van der Waals surface area contributed by atoms with E-state index >= 15 is 0 Å². The van der Waals surface area contributed by atoms with E-state index in [1.54, 1.807) is 6.07 Å². The van der Waals surface area contributed by atoms with Crippen LogP contribution in [0.1, 0.15) is 6.92 Å². The van der Waals surface area contributed by atoms with Gasteiger partial charge in [-0.3, -0.25) is 0 Å². The van der Waals surface area contributed by atoms with Gasteiger partial charge in [0, 0.05) is 23.5 Å². The molecule has 2 heterocycles. The number of aromatic nitrogens is 1. The summed E-state index contributed by atoms with van der Waals surface area (Å²) in [6.45, 7) is 1.99. The van der Waals surface area contributed by atoms with Crippen LogP contribution in [-0.4, -0.2) is 4.57 Å². The third-order valence-electron chi connectivity index (χ3n) is 2.61. The SMILES string of the molecule is CC1=CNc2c(F)ccc3ccn1c23. The summed E-state index contributed by atoms with van der Waals surface area (Å²) < 4.78 is 15.4. The summed E-state index contributed by atoms with van der Waals surface area (Å²) in [5.74, 6) is -0.207. The van der Waals surface area contributed by atoms with Crippen LogP contribution in [0.3, 0.4) is 0 Å². The zero-order chi connectivity index (χ0) is 9.71. The first kappa shape index (κ1) is 7.62. The maximum Gasteiger partial charge on any atom is 0.148 e. The van der Waals surface area contributed by atoms with Crippen LogP contribution in [0.15, 0.2) is 30.6 Å². The molecule has 1 N–H and O–H groups in total. The lowest BCUT2D eigenvalue weighted by molar-refractivity contribution is 0.632. The summed E-state index contributed by atoms with van der Waals surface area (Å²) in [5, 5.41) is 4.03. The Balaban J connectivity index is 2.51. The normalized spacial score (nSPS) is 14.0. The van der Waals surface area contributed by atoms with Crippen molar-refractivity contribution in [1.29, 1.82) is 0 Å². The van der Waals surface area contributed by atoms with Gasteiger partial charge in [0.25, 0.3) is 0 Å². The summed E-state index contributed by atoms with van der Waals surface area (Å²) >= 11 is 0. The van der Waals surface area contributed by atoms with Crippen LogP contribution in [0, 0.1) is 5.82 Å². The van der Waals surface area contributed by atoms with Crippen molar-refractivity contribution in [2.75, 3.05) is 5.32 Å². The lowest BCUT2D eigenvalue weighted by Crippen LogP contribution is -2.05. The number of hydrogen-bond donors (Lipinski definition) is 1. The average Bonchev–Trinajstić information content (AvgIpc) is 2.60. The van der Waals surface area contributed by atoms with Gasteiger partial charge < -0.3 is 9.88 Å². The molecule has 70 valence electrons. The van der Waals surface area contributed by atoms with Crippen molar-refractivity contribution in [3.8, 4) is 0 Å². The van der Waals surface area contributed by atoms with Crippen molar-refractivity contribution in [2.24, 2.45) is 0 Å². The minimum Gasteiger partial charge on any atom is -0.356 e. The predicted octanol–water partition coefficient (Wildman–Crippen LogP) is 3.02. The molecule has 1 aliphatic heterocycles. The van der Waals surface area contributed by atoms with E-state index in [-0.39, 0.29) is 5.82 Å². The Morgan fingerprint density at radius 3 is 3.00 bits per heavy atom. The molecule has 0 spiro atoms. The molecule has 0 fully saturated rings. The van der Waals surface area contributed by atoms with Gasteiger partial charge in [0.2, 0.25) is 0 Å². The maximum atomic E-state index is 13.4. The number of allylic oxidation sites excluding steroid dienone is 1. The number of halogens is 1. The second-order valence-electron chi connectivity index (χ2n) is 3.48. The van der Waals surface area contributed by atoms with Gasteiger partial charge in [-0.2, -0.15) is 0 Å². The number of nitrogens with one attached hydrogen (secondary N) is 1. The highest BCUT2D eigenvalue weighted by Gasteiger charge is 2.14. The van der Waals surface area contributed by atoms with E-state index in [1.165, 1.54) is 6.07 Å². The summed E-state index contributed by atoms with van der Waals surface area (Å²) in [7, 11) is 0. The molecule has 0 saturated heterocycles. The second kappa shape index (κ2) is 2.38. The quantitative estimate of drug-likeness (QED) is 0.672. The van der Waals surface area contributed by atoms with Crippen LogP contribution >= 0.6 is 0 Å². The molecule has 0 atom stereocenters. The van der Waals surface area contributed by atoms with Crippen LogP contribution in [0.4, 0.5) is 10.1 Å². The molecule has 1 aromatic carbocycles. The Hall–Kier alpha value is -1.77. The lowest BCUT2D eigenvalue weighted by atomic mass is 10.2. The van der Waals surface area contributed by atoms with E-state index in [1.807, 2.05) is 30.0 Å². The Bertz CT molecular complexity index is 552. The summed E-state index contributed by atoms with van der Waals surface area (Å²) in [6, 6.07) is 5.27. The third-order valence-corrected chi connectivity index (χ3v) is 2.61. The molecule has 0 aliphatic carbocycles. The second-order valence-corrected chi connectivity index (χ2v) is 3.48. The smallest absolute Gasteiger partial charge is 0.148 e. The molecule has 3 rings (SSSR count). The van der Waals surface area contributed by atoms with Crippen molar-refractivity contribution >= 4 is 22.3 Å². The number of nitrogens with zero attached hydrogens (tertiary/aromatic N) is 1. The molecule has 2 nitrogen and oxygen atoms in total. The van der Waals surface area contributed by atoms with Crippen molar-refractivity contribution < 1.29 is 4.39 Å². The number of rotatable bonds is 0. The van der Waals surface area contributed by atoms with Crippen molar-refractivity contribution in [1.82, 2.24) is 4.57 Å². The molecule has 2 aromatic rings. The Morgan fingerprint density at radius 1 is 1.29 bits per heavy atom. The van der Waals surface area contributed by atoms with E-state index in [4.69, 9.17) is 0 Å². The van der Waals surface area contributed by atoms with E-state index in [2.05, 4.69) is 5.32 Å². The lowest BCUT2D eigenvalue weighted by Gasteiger charge is -2.16. The minimum atomic E-state index is -0.207. The van der Waals surface area contributed by atoms with Gasteiger partial charge in [-0.1, -0.05) is 0 Å². The molecule has 0 amide bonds. The first-order valence-electron chi connectivity index (χ1n) is 4.50. The first-order valence-corrected chi connectivity index (χ1v) is 4.50. The molecule has 0 saturated carbocycles. The Labute approximate surface area is 80.6 Å². The van der Waals surface area contributed by atoms with Crippen LogP contribution < -0.4 is 5.32 Å². The molecular weight excluding hydrogens is 179 g/mol. The fraction of sp³-hybridized carbons (Fsp3) is 0.0909. The zero-order valence-electron chi connectivity index (χ0n) is 7.71. The molecule has 0 radical (unpaired) electrons. The summed E-state index contributed by atoms with van der Waals surface area (Å²) in [6.07, 6.45) is 3.77. The van der Waals surface area contributed by atoms with Crippen LogP contribution in [0.25, 0.3) is 16.6 Å². The van der Waals surface area contributed by atoms with Gasteiger partial charge in [0.15, 0.2) is 0 Å². The van der Waals surface area contributed by atoms with Crippen molar-refractivity contribution in [2.45, 2.75) is 6.92 Å². The summed E-state index contributed by atoms with van der Waals surface area (Å²) in [4.78, 5) is 0. The monoisotopic (exact) mass is 188 g/mol. The average molecular weight is 188 g/mol. The third kappa shape index (κ3) is 0.789. The maximum absolute atomic E-state index is 13.4. The van der Waals surface area contributed by atoms with Gasteiger partial charge in [0.1, 0.15) is 5.82 Å². The number of anilines is 1. The summed E-state index contributed by atoms with van der Waals surface area (Å²) in [5.41, 5.74) is 2.56. The predicted molar refractivity (Wildman–Crippen MR) is 55.5 cm³/mol. The van der Waals surface area contributed by atoms with Crippen molar-refractivity contribution in [3.05, 3.63) is 36.4 Å². The Morgan fingerprint density at radius 2 is 2.14 bits per heavy atom. The van der Waals surface area contributed by atoms with E-state index in [0.29, 0.717) is 5.69 Å². The standard InChI is InChI=1S/C11H9FN2/c1-7-6-13-10-9(12)3-2-8-4-5-14(7)11(8)10/h2-6,13H,1H3. The fourth-order valence-corrected chi connectivity index (χ4v) is 1.88. The Kier molecular flexibility index (Phi) is 1.29. The van der Waals surface area contributed by atoms with Gasteiger partial charge in [-0.25, -0.2) is 4.39 Å². The molecule has 1 aliphatic rings. The van der Waals surface area contributed by atoms with Crippen LogP contribution in [-0.2, 0) is 0 Å². The highest BCUT2D eigenvalue weighted by molar-refractivity contribution is 5.96. The van der Waals surface area contributed by atoms with Gasteiger partial charge in [-0.05, 0) is 25.1 Å². The van der Waals surface area contributed by atoms with Gasteiger partial charge in [0.05, 0.1) is 11.2 Å². The number of benzene rings is 1. The van der Waals surface area contributed by atoms with Crippen LogP contribution in [0.2, 0.25) is 0 Å². The highest BCUT2D eigenvalue weighted by atomic mass is 19.1. The molecule has 0 bridgehead atoms. The van der Waals surface area contributed by atoms with Gasteiger partial charge in [-0.15, -0.1) is 0 Å². The van der Waals surface area contributed by atoms with Crippen LogP contribution in [0.5, 0.6) is 0 Å². The van der Waals surface area contributed by atoms with Crippen molar-refractivity contribution in [3.63, 3.8) is 0 Å². The van der Waals surface area contributed by atoms with Gasteiger partial charge >= 0.3 is 0 Å². The first-order chi connectivity index (χ1) is 6.77. The molecule has 0 unspecified atom stereocenters. The molecule has 3 heteroatoms. The number of hydrogen-bond acceptors (Lipinski definition) is 1. The topological polar surface area (TPSA) is 17.0 Å². The fourth-order valence-electron chi connectivity index (χ4n) is 1.88. The van der Waals surface area contributed by atoms with E-state index in [9.17, 15) is 4.39 Å². The molecule has 14 heavy (non-hydrogen) atoms. The largest absolute Gasteiger partial charge is 0.356 e. The molecule has 1 aromatic heterocycles. The zero-order valence-corrected chi connectivity index (χ0v) is 7.71. The minimum absolute atomic E-state index is 0.207. The van der Waals surface area contributed by atoms with E-state index in [0.717, 1.165) is 16.6 Å². The van der Waals surface area contributed by atoms with E-state index < -0.39 is 0 Å².